The third-order valence-electron chi connectivity index (χ3n) is 5.08. The molecule has 0 aromatic heterocycles. The van der Waals surface area contributed by atoms with Crippen molar-refractivity contribution in [2.75, 3.05) is 0 Å². The first-order valence-electron chi connectivity index (χ1n) is 9.29. The van der Waals surface area contributed by atoms with Crippen molar-refractivity contribution in [3.63, 3.8) is 0 Å². The van der Waals surface area contributed by atoms with E-state index in [4.69, 9.17) is 0 Å². The van der Waals surface area contributed by atoms with E-state index in [1.165, 1.54) is 24.3 Å². The minimum absolute atomic E-state index is 0.130. The first-order chi connectivity index (χ1) is 16.1. The molecule has 4 rings (SSSR count). The topological polar surface area (TPSA) is 0 Å². The van der Waals surface area contributed by atoms with E-state index >= 15 is 4.39 Å². The maximum absolute atomic E-state index is 15.0. The molecule has 0 atom stereocenters. The lowest BCUT2D eigenvalue weighted by Gasteiger charge is -2.19. The predicted octanol–water partition coefficient (Wildman–Crippen LogP) is 8.08. The summed E-state index contributed by atoms with van der Waals surface area (Å²) < 4.78 is 143. The Bertz CT molecular complexity index is 1420. The van der Waals surface area contributed by atoms with Gasteiger partial charge in [-0.05, 0) is 17.2 Å². The van der Waals surface area contributed by atoms with Crippen molar-refractivity contribution in [1.29, 1.82) is 0 Å². The lowest BCUT2D eigenvalue weighted by molar-refractivity contribution is 0.379. The van der Waals surface area contributed by atoms with Crippen LogP contribution in [0.25, 0.3) is 33.4 Å². The first-order valence-corrected chi connectivity index (χ1v) is 9.29. The Labute approximate surface area is 184 Å². The van der Waals surface area contributed by atoms with Crippen LogP contribution in [0.4, 0.5) is 43.9 Å². The van der Waals surface area contributed by atoms with E-state index in [0.717, 1.165) is 12.1 Å². The van der Waals surface area contributed by atoms with Crippen LogP contribution in [0.5, 0.6) is 0 Å². The zero-order valence-electron chi connectivity index (χ0n) is 16.4. The van der Waals surface area contributed by atoms with Gasteiger partial charge in [-0.25, -0.2) is 43.9 Å². The number of halogens is 10. The van der Waals surface area contributed by atoms with Gasteiger partial charge in [0, 0.05) is 16.7 Å². The molecule has 0 bridgehead atoms. The fourth-order valence-corrected chi connectivity index (χ4v) is 3.56. The molecule has 0 aliphatic rings. The van der Waals surface area contributed by atoms with Crippen molar-refractivity contribution >= 4 is 0 Å². The van der Waals surface area contributed by atoms with Crippen molar-refractivity contribution in [2.24, 2.45) is 0 Å². The molecule has 0 N–H and O–H groups in total. The molecular formula is C24H8F10. The molecule has 34 heavy (non-hydrogen) atoms. The van der Waals surface area contributed by atoms with Crippen LogP contribution in [0, 0.1) is 58.2 Å². The summed E-state index contributed by atoms with van der Waals surface area (Å²) in [6.45, 7) is 0. The summed E-state index contributed by atoms with van der Waals surface area (Å²) >= 11 is 0. The second-order valence-corrected chi connectivity index (χ2v) is 6.98. The van der Waals surface area contributed by atoms with Crippen LogP contribution >= 0.6 is 0 Å². The van der Waals surface area contributed by atoms with Crippen LogP contribution in [0.2, 0.25) is 0 Å². The van der Waals surface area contributed by atoms with Crippen molar-refractivity contribution in [2.45, 2.75) is 0 Å². The SMILES string of the molecule is Fc1cccc(-c2ccccc2)c1-c1c(F)c(F)c(F)c(F)c1-c1c(F)c(F)c(F)c(F)c1F. The second-order valence-electron chi connectivity index (χ2n) is 6.98. The Hall–Kier alpha value is -3.82. The highest BCUT2D eigenvalue weighted by Crippen LogP contribution is 2.46. The van der Waals surface area contributed by atoms with Gasteiger partial charge in [0.15, 0.2) is 46.5 Å². The van der Waals surface area contributed by atoms with Crippen molar-refractivity contribution < 1.29 is 43.9 Å². The molecule has 10 heteroatoms. The average Bonchev–Trinajstić information content (AvgIpc) is 2.84. The summed E-state index contributed by atoms with van der Waals surface area (Å²) in [7, 11) is 0. The lowest BCUT2D eigenvalue weighted by Crippen LogP contribution is -2.10. The quantitative estimate of drug-likeness (QED) is 0.156. The Morgan fingerprint density at radius 3 is 1.24 bits per heavy atom. The largest absolute Gasteiger partial charge is 0.206 e. The van der Waals surface area contributed by atoms with E-state index in [1.54, 1.807) is 6.07 Å². The summed E-state index contributed by atoms with van der Waals surface area (Å²) in [5, 5.41) is 0. The number of rotatable bonds is 3. The molecule has 4 aromatic rings. The highest BCUT2D eigenvalue weighted by Gasteiger charge is 2.36. The first kappa shape index (κ1) is 23.3. The summed E-state index contributed by atoms with van der Waals surface area (Å²) in [5.41, 5.74) is -6.69. The van der Waals surface area contributed by atoms with Crippen LogP contribution in [0.3, 0.4) is 0 Å². The molecule has 0 spiro atoms. The normalized spacial score (nSPS) is 11.2. The molecular weight excluding hydrogens is 478 g/mol. The Morgan fingerprint density at radius 1 is 0.324 bits per heavy atom. The van der Waals surface area contributed by atoms with E-state index in [9.17, 15) is 39.5 Å². The third kappa shape index (κ3) is 3.41. The smallest absolute Gasteiger partial charge is 0.200 e. The van der Waals surface area contributed by atoms with Crippen molar-refractivity contribution in [1.82, 2.24) is 0 Å². The predicted molar refractivity (Wildman–Crippen MR) is 102 cm³/mol. The van der Waals surface area contributed by atoms with Crippen LogP contribution < -0.4 is 0 Å². The summed E-state index contributed by atoms with van der Waals surface area (Å²) in [4.78, 5) is 0. The molecule has 0 aliphatic carbocycles. The highest BCUT2D eigenvalue weighted by atomic mass is 19.2. The molecule has 0 radical (unpaired) electrons. The van der Waals surface area contributed by atoms with E-state index in [0.29, 0.717) is 6.07 Å². The Kier molecular flexibility index (Phi) is 5.84. The van der Waals surface area contributed by atoms with E-state index in [1.807, 2.05) is 0 Å². The van der Waals surface area contributed by atoms with E-state index in [-0.39, 0.29) is 11.1 Å². The average molecular weight is 486 g/mol. The van der Waals surface area contributed by atoms with Gasteiger partial charge in [-0.1, -0.05) is 42.5 Å². The minimum Gasteiger partial charge on any atom is -0.206 e. The van der Waals surface area contributed by atoms with Gasteiger partial charge in [0.25, 0.3) is 0 Å². The Morgan fingerprint density at radius 2 is 0.735 bits per heavy atom. The van der Waals surface area contributed by atoms with Crippen LogP contribution in [-0.4, -0.2) is 0 Å². The molecule has 0 saturated carbocycles. The highest BCUT2D eigenvalue weighted by molar-refractivity contribution is 5.93. The molecule has 0 aliphatic heterocycles. The van der Waals surface area contributed by atoms with Crippen molar-refractivity contribution in [3.8, 4) is 33.4 Å². The molecule has 0 saturated heterocycles. The molecule has 0 nitrogen and oxygen atoms in total. The maximum atomic E-state index is 15.0. The van der Waals surface area contributed by atoms with Crippen molar-refractivity contribution in [3.05, 3.63) is 107 Å². The van der Waals surface area contributed by atoms with Gasteiger partial charge in [0.1, 0.15) is 5.82 Å². The van der Waals surface area contributed by atoms with Crippen LogP contribution in [0.1, 0.15) is 0 Å². The van der Waals surface area contributed by atoms with Gasteiger partial charge < -0.3 is 0 Å². The van der Waals surface area contributed by atoms with Gasteiger partial charge >= 0.3 is 0 Å². The standard InChI is InChI=1S/C24H8F10/c25-11-8-4-7-10(9-5-2-1-3-6-9)12(11)13-14(17(27)21(31)20(30)16(13)26)15-18(28)22(32)24(34)23(33)19(15)29/h1-8H. The van der Waals surface area contributed by atoms with E-state index in [2.05, 4.69) is 0 Å². The zero-order valence-corrected chi connectivity index (χ0v) is 16.4. The Balaban J connectivity index is 2.25. The van der Waals surface area contributed by atoms with Gasteiger partial charge in [-0.2, -0.15) is 0 Å². The molecule has 0 fully saturated rings. The van der Waals surface area contributed by atoms with E-state index < -0.39 is 80.4 Å². The summed E-state index contributed by atoms with van der Waals surface area (Å²) in [6.07, 6.45) is 0. The zero-order chi connectivity index (χ0) is 24.9. The number of hydrogen-bond donors (Lipinski definition) is 0. The molecule has 4 aromatic carbocycles. The van der Waals surface area contributed by atoms with Gasteiger partial charge in [-0.15, -0.1) is 0 Å². The third-order valence-corrected chi connectivity index (χ3v) is 5.08. The molecule has 0 heterocycles. The minimum atomic E-state index is -2.64. The lowest BCUT2D eigenvalue weighted by atomic mass is 9.87. The maximum Gasteiger partial charge on any atom is 0.200 e. The fourth-order valence-electron chi connectivity index (χ4n) is 3.56. The number of hydrogen-bond acceptors (Lipinski definition) is 0. The summed E-state index contributed by atoms with van der Waals surface area (Å²) in [5.74, 6) is -24.3. The van der Waals surface area contributed by atoms with Gasteiger partial charge in [0.2, 0.25) is 5.82 Å². The van der Waals surface area contributed by atoms with Crippen LogP contribution in [0.15, 0.2) is 48.5 Å². The summed E-state index contributed by atoms with van der Waals surface area (Å²) in [6, 6.07) is 10.1. The number of benzene rings is 4. The van der Waals surface area contributed by atoms with Gasteiger partial charge in [-0.3, -0.25) is 0 Å². The van der Waals surface area contributed by atoms with Crippen LogP contribution in [-0.2, 0) is 0 Å². The molecule has 0 unspecified atom stereocenters. The second kappa shape index (κ2) is 8.51. The monoisotopic (exact) mass is 486 g/mol. The van der Waals surface area contributed by atoms with Gasteiger partial charge in [0.05, 0.1) is 5.56 Å². The fraction of sp³-hybridized carbons (Fsp3) is 0. The molecule has 0 amide bonds. The molecule has 174 valence electrons.